The first kappa shape index (κ1) is 20.3. The van der Waals surface area contributed by atoms with Crippen molar-refractivity contribution < 1.29 is 9.47 Å². The van der Waals surface area contributed by atoms with Gasteiger partial charge in [-0.15, -0.1) is 0 Å². The number of methoxy groups -OCH3 is 2. The largest absolute Gasteiger partial charge is 0.383 e. The Morgan fingerprint density at radius 1 is 1.14 bits per heavy atom. The van der Waals surface area contributed by atoms with Crippen molar-refractivity contribution >= 4 is 0 Å². The quantitative estimate of drug-likeness (QED) is 0.632. The summed E-state index contributed by atoms with van der Waals surface area (Å²) < 4.78 is 10.5. The van der Waals surface area contributed by atoms with Crippen molar-refractivity contribution in [3.05, 3.63) is 0 Å². The minimum absolute atomic E-state index is 0.265. The summed E-state index contributed by atoms with van der Waals surface area (Å²) in [5.74, 6) is 0. The molecule has 0 aromatic heterocycles. The van der Waals surface area contributed by atoms with E-state index in [4.69, 9.17) is 9.47 Å². The third kappa shape index (κ3) is 7.77. The Kier molecular flexibility index (Phi) is 9.80. The van der Waals surface area contributed by atoms with Crippen LogP contribution in [0.5, 0.6) is 0 Å². The van der Waals surface area contributed by atoms with Crippen molar-refractivity contribution in [3.8, 4) is 6.07 Å². The molecule has 0 saturated heterocycles. The fourth-order valence-corrected chi connectivity index (χ4v) is 2.89. The van der Waals surface area contributed by atoms with E-state index in [1.54, 1.807) is 14.2 Å². The maximum Gasteiger partial charge on any atom is 0.105 e. The SMILES string of the molecule is COCCN(C(C)COC)C(C)CC(C)(C#N)NC(C)C. The molecule has 0 bridgehead atoms. The van der Waals surface area contributed by atoms with Crippen molar-refractivity contribution in [1.82, 2.24) is 10.2 Å². The Labute approximate surface area is 130 Å². The summed E-state index contributed by atoms with van der Waals surface area (Å²) >= 11 is 0. The van der Waals surface area contributed by atoms with Gasteiger partial charge in [0.15, 0.2) is 0 Å². The van der Waals surface area contributed by atoms with Crippen LogP contribution in [0.1, 0.15) is 41.0 Å². The van der Waals surface area contributed by atoms with E-state index in [1.165, 1.54) is 0 Å². The van der Waals surface area contributed by atoms with Gasteiger partial charge in [0.1, 0.15) is 5.54 Å². The highest BCUT2D eigenvalue weighted by atomic mass is 16.5. The molecule has 0 aromatic carbocycles. The van der Waals surface area contributed by atoms with Gasteiger partial charge in [-0.2, -0.15) is 5.26 Å². The van der Waals surface area contributed by atoms with E-state index in [1.807, 2.05) is 6.92 Å². The van der Waals surface area contributed by atoms with Crippen LogP contribution in [0.15, 0.2) is 0 Å². The van der Waals surface area contributed by atoms with Crippen LogP contribution in [0, 0.1) is 11.3 Å². The second-order valence-electron chi connectivity index (χ2n) is 6.33. The average Bonchev–Trinajstić information content (AvgIpc) is 2.38. The lowest BCUT2D eigenvalue weighted by molar-refractivity contribution is 0.0437. The zero-order valence-electron chi connectivity index (χ0n) is 14.8. The van der Waals surface area contributed by atoms with Crippen LogP contribution in [0.3, 0.4) is 0 Å². The number of nitrogens with zero attached hydrogens (tertiary/aromatic N) is 2. The smallest absolute Gasteiger partial charge is 0.105 e. The lowest BCUT2D eigenvalue weighted by Crippen LogP contribution is -2.52. The minimum Gasteiger partial charge on any atom is -0.383 e. The molecule has 0 spiro atoms. The predicted octanol–water partition coefficient (Wildman–Crippen LogP) is 2.03. The summed E-state index contributed by atoms with van der Waals surface area (Å²) in [5, 5.41) is 12.9. The lowest BCUT2D eigenvalue weighted by Gasteiger charge is -2.38. The number of ether oxygens (including phenoxy) is 2. The number of rotatable bonds is 11. The van der Waals surface area contributed by atoms with Crippen molar-refractivity contribution in [2.45, 2.75) is 64.7 Å². The highest BCUT2D eigenvalue weighted by molar-refractivity contribution is 5.06. The Bertz CT molecular complexity index is 317. The van der Waals surface area contributed by atoms with Gasteiger partial charge in [-0.25, -0.2) is 0 Å². The van der Waals surface area contributed by atoms with Gasteiger partial charge in [-0.3, -0.25) is 10.2 Å². The first-order valence-corrected chi connectivity index (χ1v) is 7.72. The second kappa shape index (κ2) is 10.1. The molecule has 0 radical (unpaired) electrons. The zero-order chi connectivity index (χ0) is 16.5. The van der Waals surface area contributed by atoms with E-state index >= 15 is 0 Å². The van der Waals surface area contributed by atoms with Gasteiger partial charge in [0.05, 0.1) is 19.3 Å². The normalized spacial score (nSPS) is 17.5. The molecule has 124 valence electrons. The highest BCUT2D eigenvalue weighted by Gasteiger charge is 2.30. The second-order valence-corrected chi connectivity index (χ2v) is 6.33. The Morgan fingerprint density at radius 3 is 2.19 bits per heavy atom. The van der Waals surface area contributed by atoms with E-state index in [0.717, 1.165) is 13.0 Å². The summed E-state index contributed by atoms with van der Waals surface area (Å²) in [6.07, 6.45) is 0.763. The standard InChI is InChI=1S/C16H33N3O2/c1-13(2)18-16(5,12-17)10-14(3)19(8-9-20-6)15(4)11-21-7/h13-15,18H,8-11H2,1-7H3. The topological polar surface area (TPSA) is 57.5 Å². The predicted molar refractivity (Wildman–Crippen MR) is 86.3 cm³/mol. The van der Waals surface area contributed by atoms with Crippen LogP contribution in [-0.2, 0) is 9.47 Å². The van der Waals surface area contributed by atoms with Crippen LogP contribution in [0.2, 0.25) is 0 Å². The number of hydrogen-bond donors (Lipinski definition) is 1. The molecule has 3 unspecified atom stereocenters. The molecule has 21 heavy (non-hydrogen) atoms. The monoisotopic (exact) mass is 299 g/mol. The molecule has 0 saturated carbocycles. The van der Waals surface area contributed by atoms with Gasteiger partial charge >= 0.3 is 0 Å². The lowest BCUT2D eigenvalue weighted by atomic mass is 9.93. The van der Waals surface area contributed by atoms with Crippen molar-refractivity contribution in [2.24, 2.45) is 0 Å². The van der Waals surface area contributed by atoms with Crippen LogP contribution in [0.4, 0.5) is 0 Å². The van der Waals surface area contributed by atoms with Crippen LogP contribution in [-0.4, -0.2) is 62.5 Å². The van der Waals surface area contributed by atoms with E-state index in [9.17, 15) is 5.26 Å². The summed E-state index contributed by atoms with van der Waals surface area (Å²) in [4.78, 5) is 2.35. The number of nitrogens with one attached hydrogen (secondary N) is 1. The third-order valence-corrected chi connectivity index (χ3v) is 3.65. The first-order chi connectivity index (χ1) is 9.79. The van der Waals surface area contributed by atoms with Gasteiger partial charge in [-0.1, -0.05) is 0 Å². The van der Waals surface area contributed by atoms with Gasteiger partial charge in [0.2, 0.25) is 0 Å². The molecule has 0 heterocycles. The minimum atomic E-state index is -0.522. The maximum atomic E-state index is 9.50. The summed E-state index contributed by atoms with van der Waals surface area (Å²) in [7, 11) is 3.43. The van der Waals surface area contributed by atoms with Gasteiger partial charge in [0, 0.05) is 38.9 Å². The summed E-state index contributed by atoms with van der Waals surface area (Å²) in [6.45, 7) is 12.6. The van der Waals surface area contributed by atoms with Crippen molar-refractivity contribution in [3.63, 3.8) is 0 Å². The van der Waals surface area contributed by atoms with E-state index < -0.39 is 5.54 Å². The summed E-state index contributed by atoms with van der Waals surface area (Å²) in [6, 6.07) is 3.26. The van der Waals surface area contributed by atoms with Gasteiger partial charge in [0.25, 0.3) is 0 Å². The summed E-state index contributed by atoms with van der Waals surface area (Å²) in [5.41, 5.74) is -0.522. The first-order valence-electron chi connectivity index (χ1n) is 7.72. The Morgan fingerprint density at radius 2 is 1.76 bits per heavy atom. The van der Waals surface area contributed by atoms with Crippen LogP contribution in [0.25, 0.3) is 0 Å². The molecular formula is C16H33N3O2. The molecule has 5 heteroatoms. The molecule has 0 aliphatic carbocycles. The van der Waals surface area contributed by atoms with Gasteiger partial charge in [-0.05, 0) is 41.0 Å². The van der Waals surface area contributed by atoms with Crippen molar-refractivity contribution in [1.29, 1.82) is 5.26 Å². The van der Waals surface area contributed by atoms with E-state index in [2.05, 4.69) is 44.0 Å². The number of hydrogen-bond acceptors (Lipinski definition) is 5. The average molecular weight is 299 g/mol. The fraction of sp³-hybridized carbons (Fsp3) is 0.938. The van der Waals surface area contributed by atoms with Gasteiger partial charge < -0.3 is 9.47 Å². The molecule has 0 rings (SSSR count). The zero-order valence-corrected chi connectivity index (χ0v) is 14.8. The fourth-order valence-electron chi connectivity index (χ4n) is 2.89. The molecule has 0 aromatic rings. The van der Waals surface area contributed by atoms with Crippen molar-refractivity contribution in [2.75, 3.05) is 34.0 Å². The molecule has 0 aliphatic rings. The van der Waals surface area contributed by atoms with Crippen LogP contribution < -0.4 is 5.32 Å². The maximum absolute atomic E-state index is 9.50. The molecule has 5 nitrogen and oxygen atoms in total. The molecule has 1 N–H and O–H groups in total. The van der Waals surface area contributed by atoms with E-state index in [0.29, 0.717) is 19.3 Å². The molecule has 0 amide bonds. The highest BCUT2D eigenvalue weighted by Crippen LogP contribution is 2.18. The molecular weight excluding hydrogens is 266 g/mol. The Balaban J connectivity index is 4.84. The number of nitriles is 1. The van der Waals surface area contributed by atoms with Crippen LogP contribution >= 0.6 is 0 Å². The van der Waals surface area contributed by atoms with E-state index in [-0.39, 0.29) is 12.1 Å². The Hall–Kier alpha value is -0.670. The third-order valence-electron chi connectivity index (χ3n) is 3.65. The molecule has 0 fully saturated rings. The molecule has 3 atom stereocenters. The molecule has 0 aliphatic heterocycles.